The Morgan fingerprint density at radius 3 is 2.73 bits per heavy atom. The van der Waals surface area contributed by atoms with E-state index in [0.29, 0.717) is 13.0 Å². The molecule has 0 atom stereocenters. The first kappa shape index (κ1) is 11.2. The van der Waals surface area contributed by atoms with Crippen LogP contribution in [0.4, 0.5) is 14.5 Å². The van der Waals surface area contributed by atoms with Gasteiger partial charge in [-0.15, -0.1) is 6.58 Å². The maximum absolute atomic E-state index is 13.3. The van der Waals surface area contributed by atoms with E-state index in [4.69, 9.17) is 5.26 Å². The summed E-state index contributed by atoms with van der Waals surface area (Å²) in [5, 5.41) is 11.2. The normalized spacial score (nSPS) is 9.40. The minimum atomic E-state index is -1.11. The predicted molar refractivity (Wildman–Crippen MR) is 54.4 cm³/mol. The zero-order chi connectivity index (χ0) is 11.3. The molecule has 4 heteroatoms. The Balaban J connectivity index is 2.88. The van der Waals surface area contributed by atoms with Gasteiger partial charge in [0, 0.05) is 6.54 Å². The van der Waals surface area contributed by atoms with E-state index in [1.165, 1.54) is 12.1 Å². The van der Waals surface area contributed by atoms with Crippen LogP contribution in [0.2, 0.25) is 0 Å². The van der Waals surface area contributed by atoms with Gasteiger partial charge in [-0.1, -0.05) is 6.08 Å². The number of halogens is 2. The number of hydrogen-bond acceptors (Lipinski definition) is 2. The van der Waals surface area contributed by atoms with Crippen molar-refractivity contribution in [3.05, 3.63) is 42.0 Å². The molecule has 1 N–H and O–H groups in total. The van der Waals surface area contributed by atoms with Crippen molar-refractivity contribution in [3.8, 4) is 6.07 Å². The smallest absolute Gasteiger partial charge is 0.183 e. The lowest BCUT2D eigenvalue weighted by Crippen LogP contribution is -2.04. The quantitative estimate of drug-likeness (QED) is 0.610. The first-order chi connectivity index (χ1) is 7.20. The monoisotopic (exact) mass is 208 g/mol. The van der Waals surface area contributed by atoms with Crippen LogP contribution in [-0.4, -0.2) is 6.54 Å². The lowest BCUT2D eigenvalue weighted by molar-refractivity contribution is 0.508. The Morgan fingerprint density at radius 1 is 1.40 bits per heavy atom. The summed E-state index contributed by atoms with van der Waals surface area (Å²) >= 11 is 0. The number of nitrogens with one attached hydrogen (secondary N) is 1. The SMILES string of the molecule is C=CCCNc1ccc(C#N)c(F)c1F. The second-order valence-electron chi connectivity index (χ2n) is 2.90. The first-order valence-electron chi connectivity index (χ1n) is 4.43. The zero-order valence-electron chi connectivity index (χ0n) is 8.06. The third kappa shape index (κ3) is 2.53. The van der Waals surface area contributed by atoms with Gasteiger partial charge in [0.15, 0.2) is 11.6 Å². The Bertz CT molecular complexity index is 408. The van der Waals surface area contributed by atoms with E-state index in [0.717, 1.165) is 0 Å². The van der Waals surface area contributed by atoms with Crippen LogP contribution in [0.3, 0.4) is 0 Å². The van der Waals surface area contributed by atoms with E-state index in [-0.39, 0.29) is 11.3 Å². The molecule has 0 bridgehead atoms. The molecule has 0 amide bonds. The minimum Gasteiger partial charge on any atom is -0.382 e. The maximum atomic E-state index is 13.3. The molecule has 2 nitrogen and oxygen atoms in total. The van der Waals surface area contributed by atoms with Crippen LogP contribution < -0.4 is 5.32 Å². The molecule has 1 aromatic rings. The summed E-state index contributed by atoms with van der Waals surface area (Å²) in [6, 6.07) is 4.16. The van der Waals surface area contributed by atoms with Gasteiger partial charge in [0.1, 0.15) is 6.07 Å². The van der Waals surface area contributed by atoms with Crippen molar-refractivity contribution in [1.82, 2.24) is 0 Å². The van der Waals surface area contributed by atoms with Crippen LogP contribution >= 0.6 is 0 Å². The fraction of sp³-hybridized carbons (Fsp3) is 0.182. The fourth-order valence-electron chi connectivity index (χ4n) is 1.08. The fourth-order valence-corrected chi connectivity index (χ4v) is 1.08. The number of hydrogen-bond donors (Lipinski definition) is 1. The second kappa shape index (κ2) is 5.11. The second-order valence-corrected chi connectivity index (χ2v) is 2.90. The third-order valence-corrected chi connectivity index (χ3v) is 1.87. The molecule has 0 radical (unpaired) electrons. The topological polar surface area (TPSA) is 35.8 Å². The van der Waals surface area contributed by atoms with Gasteiger partial charge in [-0.25, -0.2) is 8.78 Å². The van der Waals surface area contributed by atoms with Gasteiger partial charge < -0.3 is 5.32 Å². The molecule has 1 rings (SSSR count). The van der Waals surface area contributed by atoms with Crippen molar-refractivity contribution >= 4 is 5.69 Å². The van der Waals surface area contributed by atoms with Crippen LogP contribution in [0, 0.1) is 23.0 Å². The molecule has 0 saturated carbocycles. The standard InChI is InChI=1S/C11H10F2N2/c1-2-3-6-15-9-5-4-8(7-14)10(12)11(9)13/h2,4-5,15H,1,3,6H2. The van der Waals surface area contributed by atoms with Gasteiger partial charge in [-0.05, 0) is 18.6 Å². The summed E-state index contributed by atoms with van der Waals surface area (Å²) in [6.07, 6.45) is 2.33. The first-order valence-corrected chi connectivity index (χ1v) is 4.43. The Kier molecular flexibility index (Phi) is 3.81. The lowest BCUT2D eigenvalue weighted by atomic mass is 10.2. The maximum Gasteiger partial charge on any atom is 0.183 e. The molecular weight excluding hydrogens is 198 g/mol. The molecule has 0 fully saturated rings. The van der Waals surface area contributed by atoms with Gasteiger partial charge in [-0.2, -0.15) is 5.26 Å². The lowest BCUT2D eigenvalue weighted by Gasteiger charge is -2.06. The summed E-state index contributed by atoms with van der Waals surface area (Å²) in [7, 11) is 0. The van der Waals surface area contributed by atoms with E-state index in [2.05, 4.69) is 11.9 Å². The number of rotatable bonds is 4. The number of nitrogens with zero attached hydrogens (tertiary/aromatic N) is 1. The minimum absolute atomic E-state index is 0.0633. The van der Waals surface area contributed by atoms with Crippen molar-refractivity contribution in [2.45, 2.75) is 6.42 Å². The highest BCUT2D eigenvalue weighted by Gasteiger charge is 2.12. The van der Waals surface area contributed by atoms with E-state index in [9.17, 15) is 8.78 Å². The van der Waals surface area contributed by atoms with Crippen LogP contribution in [0.15, 0.2) is 24.8 Å². The number of anilines is 1. The highest BCUT2D eigenvalue weighted by molar-refractivity contribution is 5.49. The van der Waals surface area contributed by atoms with Crippen molar-refractivity contribution in [3.63, 3.8) is 0 Å². The van der Waals surface area contributed by atoms with Gasteiger partial charge in [0.05, 0.1) is 11.3 Å². The molecule has 0 aliphatic heterocycles. The van der Waals surface area contributed by atoms with Gasteiger partial charge in [0.25, 0.3) is 0 Å². The van der Waals surface area contributed by atoms with Crippen LogP contribution in [0.25, 0.3) is 0 Å². The van der Waals surface area contributed by atoms with E-state index in [1.807, 2.05) is 0 Å². The van der Waals surface area contributed by atoms with E-state index >= 15 is 0 Å². The molecule has 0 aliphatic carbocycles. The molecular formula is C11H10F2N2. The van der Waals surface area contributed by atoms with Crippen molar-refractivity contribution in [1.29, 1.82) is 5.26 Å². The van der Waals surface area contributed by atoms with Crippen molar-refractivity contribution < 1.29 is 8.78 Å². The van der Waals surface area contributed by atoms with Gasteiger partial charge >= 0.3 is 0 Å². The average molecular weight is 208 g/mol. The Morgan fingerprint density at radius 2 is 2.13 bits per heavy atom. The van der Waals surface area contributed by atoms with Crippen molar-refractivity contribution in [2.75, 3.05) is 11.9 Å². The molecule has 15 heavy (non-hydrogen) atoms. The molecule has 0 heterocycles. The Labute approximate surface area is 86.8 Å². The summed E-state index contributed by atoms with van der Waals surface area (Å²) in [6.45, 7) is 3.99. The highest BCUT2D eigenvalue weighted by Crippen LogP contribution is 2.19. The van der Waals surface area contributed by atoms with Crippen molar-refractivity contribution in [2.24, 2.45) is 0 Å². The highest BCUT2D eigenvalue weighted by atomic mass is 19.2. The molecule has 0 unspecified atom stereocenters. The molecule has 0 aliphatic rings. The third-order valence-electron chi connectivity index (χ3n) is 1.87. The average Bonchev–Trinajstić information content (AvgIpc) is 2.25. The van der Waals surface area contributed by atoms with Crippen LogP contribution in [-0.2, 0) is 0 Å². The van der Waals surface area contributed by atoms with Crippen LogP contribution in [0.1, 0.15) is 12.0 Å². The summed E-state index contributed by atoms with van der Waals surface area (Å²) in [4.78, 5) is 0. The molecule has 1 aromatic carbocycles. The number of benzene rings is 1. The Hall–Kier alpha value is -1.89. The zero-order valence-corrected chi connectivity index (χ0v) is 8.06. The number of nitriles is 1. The molecule has 0 aromatic heterocycles. The van der Waals surface area contributed by atoms with E-state index < -0.39 is 11.6 Å². The van der Waals surface area contributed by atoms with Gasteiger partial charge in [-0.3, -0.25) is 0 Å². The molecule has 78 valence electrons. The summed E-state index contributed by atoms with van der Waals surface area (Å²) < 4.78 is 26.4. The molecule has 0 spiro atoms. The van der Waals surface area contributed by atoms with Crippen LogP contribution in [0.5, 0.6) is 0 Å². The van der Waals surface area contributed by atoms with Gasteiger partial charge in [0.2, 0.25) is 0 Å². The van der Waals surface area contributed by atoms with E-state index in [1.54, 1.807) is 12.1 Å². The predicted octanol–water partition coefficient (Wildman–Crippen LogP) is 2.82. The summed E-state index contributed by atoms with van der Waals surface area (Å²) in [5.74, 6) is -2.13. The largest absolute Gasteiger partial charge is 0.382 e. The summed E-state index contributed by atoms with van der Waals surface area (Å²) in [5.41, 5.74) is -0.227. The molecule has 0 saturated heterocycles.